The maximum absolute atomic E-state index is 11.8. The van der Waals surface area contributed by atoms with Crippen LogP contribution < -0.4 is 0 Å². The Hall–Kier alpha value is -2.19. The molecule has 0 aliphatic carbocycles. The Labute approximate surface area is 141 Å². The maximum Gasteiger partial charge on any atom is 0.253 e. The van der Waals surface area contributed by atoms with Gasteiger partial charge in [-0.05, 0) is 48.7 Å². The number of carbonyl (C=O) groups is 1. The van der Waals surface area contributed by atoms with E-state index in [4.69, 9.17) is 16.6 Å². The molecule has 0 saturated heterocycles. The number of fused-ring (bicyclic) bond motifs is 1. The average molecular weight is 324 g/mol. The van der Waals surface area contributed by atoms with Crippen molar-refractivity contribution >= 4 is 27.7 Å². The van der Waals surface area contributed by atoms with Crippen molar-refractivity contribution in [3.05, 3.63) is 65.2 Å². The van der Waals surface area contributed by atoms with Gasteiger partial charge < -0.3 is 0 Å². The number of hydrogen-bond acceptors (Lipinski definition) is 2. The van der Waals surface area contributed by atoms with Crippen LogP contribution in [0.3, 0.4) is 0 Å². The monoisotopic (exact) mass is 323 g/mol. The van der Waals surface area contributed by atoms with Crippen LogP contribution in [0.25, 0.3) is 22.2 Å². The molecule has 3 rings (SSSR count). The number of benzene rings is 2. The van der Waals surface area contributed by atoms with Gasteiger partial charge in [-0.15, -0.1) is 0 Å². The molecule has 23 heavy (non-hydrogen) atoms. The SMILES string of the molecule is CCCc1ccc(-c2cc(C(=O)Cl)c3cc(C)ccc3n2)cc1. The third kappa shape index (κ3) is 3.27. The van der Waals surface area contributed by atoms with E-state index in [1.807, 2.05) is 25.1 Å². The molecule has 3 aromatic rings. The fourth-order valence-corrected chi connectivity index (χ4v) is 2.94. The summed E-state index contributed by atoms with van der Waals surface area (Å²) in [6.07, 6.45) is 2.19. The lowest BCUT2D eigenvalue weighted by atomic mass is 10.0. The zero-order valence-corrected chi connectivity index (χ0v) is 14.0. The summed E-state index contributed by atoms with van der Waals surface area (Å²) in [5.74, 6) is 0. The molecular formula is C20H18ClNO. The molecule has 0 aliphatic rings. The summed E-state index contributed by atoms with van der Waals surface area (Å²) in [6.45, 7) is 4.15. The Kier molecular flexibility index (Phi) is 4.44. The minimum absolute atomic E-state index is 0.452. The van der Waals surface area contributed by atoms with Crippen LogP contribution in [0.4, 0.5) is 0 Å². The first kappa shape index (κ1) is 15.7. The number of hydrogen-bond donors (Lipinski definition) is 0. The number of aromatic nitrogens is 1. The average Bonchev–Trinajstić information content (AvgIpc) is 2.55. The molecule has 0 spiro atoms. The van der Waals surface area contributed by atoms with Gasteiger partial charge in [-0.25, -0.2) is 4.98 Å². The van der Waals surface area contributed by atoms with Crippen molar-refractivity contribution in [1.82, 2.24) is 4.98 Å². The zero-order valence-electron chi connectivity index (χ0n) is 13.3. The largest absolute Gasteiger partial charge is 0.276 e. The summed E-state index contributed by atoms with van der Waals surface area (Å²) >= 11 is 5.79. The number of pyridine rings is 1. The molecule has 3 heteroatoms. The zero-order chi connectivity index (χ0) is 16.4. The molecule has 0 bridgehead atoms. The minimum atomic E-state index is -0.452. The van der Waals surface area contributed by atoms with Crippen molar-refractivity contribution in [3.8, 4) is 11.3 Å². The van der Waals surface area contributed by atoms with E-state index in [0.717, 1.165) is 40.6 Å². The molecular weight excluding hydrogens is 306 g/mol. The normalized spacial score (nSPS) is 10.9. The van der Waals surface area contributed by atoms with Crippen molar-refractivity contribution in [2.24, 2.45) is 0 Å². The second-order valence-corrected chi connectivity index (χ2v) is 6.14. The van der Waals surface area contributed by atoms with Crippen molar-refractivity contribution in [3.63, 3.8) is 0 Å². The Morgan fingerprint density at radius 3 is 2.48 bits per heavy atom. The van der Waals surface area contributed by atoms with E-state index >= 15 is 0 Å². The number of nitrogens with zero attached hydrogens (tertiary/aromatic N) is 1. The first-order valence-electron chi connectivity index (χ1n) is 7.79. The molecule has 2 nitrogen and oxygen atoms in total. The number of carbonyl (C=O) groups excluding carboxylic acids is 1. The predicted molar refractivity (Wildman–Crippen MR) is 96.1 cm³/mol. The van der Waals surface area contributed by atoms with Gasteiger partial charge in [0.2, 0.25) is 0 Å². The van der Waals surface area contributed by atoms with Crippen LogP contribution >= 0.6 is 11.6 Å². The lowest BCUT2D eigenvalue weighted by Gasteiger charge is -2.09. The molecule has 0 N–H and O–H groups in total. The van der Waals surface area contributed by atoms with E-state index in [2.05, 4.69) is 31.2 Å². The first-order valence-corrected chi connectivity index (χ1v) is 8.17. The van der Waals surface area contributed by atoms with E-state index in [1.54, 1.807) is 6.07 Å². The molecule has 0 amide bonds. The van der Waals surface area contributed by atoms with Gasteiger partial charge in [0.25, 0.3) is 5.24 Å². The topological polar surface area (TPSA) is 30.0 Å². The quantitative estimate of drug-likeness (QED) is 0.590. The fourth-order valence-electron chi connectivity index (χ4n) is 2.78. The number of halogens is 1. The van der Waals surface area contributed by atoms with Gasteiger partial charge in [0.05, 0.1) is 11.2 Å². The van der Waals surface area contributed by atoms with Crippen LogP contribution in [-0.2, 0) is 6.42 Å². The van der Waals surface area contributed by atoms with Gasteiger partial charge in [0.1, 0.15) is 0 Å². The second-order valence-electron chi connectivity index (χ2n) is 5.80. The molecule has 0 atom stereocenters. The Balaban J connectivity index is 2.14. The Morgan fingerprint density at radius 1 is 1.09 bits per heavy atom. The lowest BCUT2D eigenvalue weighted by molar-refractivity contribution is 0.108. The van der Waals surface area contributed by atoms with E-state index in [1.165, 1.54) is 5.56 Å². The first-order chi connectivity index (χ1) is 11.1. The van der Waals surface area contributed by atoms with Gasteiger partial charge in [-0.2, -0.15) is 0 Å². The highest BCUT2D eigenvalue weighted by atomic mass is 35.5. The molecule has 0 radical (unpaired) electrons. The summed E-state index contributed by atoms with van der Waals surface area (Å²) in [4.78, 5) is 16.5. The van der Waals surface area contributed by atoms with Gasteiger partial charge in [0, 0.05) is 16.5 Å². The van der Waals surface area contributed by atoms with Crippen LogP contribution in [0.5, 0.6) is 0 Å². The number of aryl methyl sites for hydroxylation is 2. The van der Waals surface area contributed by atoms with Gasteiger partial charge in [0.15, 0.2) is 0 Å². The van der Waals surface area contributed by atoms with Crippen molar-refractivity contribution in [2.45, 2.75) is 26.7 Å². The van der Waals surface area contributed by atoms with Crippen LogP contribution in [0.1, 0.15) is 34.8 Å². The molecule has 116 valence electrons. The lowest BCUT2D eigenvalue weighted by Crippen LogP contribution is -1.96. The van der Waals surface area contributed by atoms with Crippen LogP contribution in [0, 0.1) is 6.92 Å². The molecule has 2 aromatic carbocycles. The van der Waals surface area contributed by atoms with Crippen LogP contribution in [0.2, 0.25) is 0 Å². The van der Waals surface area contributed by atoms with Gasteiger partial charge in [-0.3, -0.25) is 4.79 Å². The predicted octanol–water partition coefficient (Wildman–Crippen LogP) is 5.54. The van der Waals surface area contributed by atoms with Crippen molar-refractivity contribution in [2.75, 3.05) is 0 Å². The van der Waals surface area contributed by atoms with Crippen molar-refractivity contribution < 1.29 is 4.79 Å². The van der Waals surface area contributed by atoms with E-state index in [0.29, 0.717) is 5.56 Å². The highest BCUT2D eigenvalue weighted by molar-refractivity contribution is 6.68. The molecule has 1 aromatic heterocycles. The highest BCUT2D eigenvalue weighted by Crippen LogP contribution is 2.27. The van der Waals surface area contributed by atoms with E-state index in [-0.39, 0.29) is 0 Å². The van der Waals surface area contributed by atoms with Crippen LogP contribution in [0.15, 0.2) is 48.5 Å². The smallest absolute Gasteiger partial charge is 0.253 e. The van der Waals surface area contributed by atoms with Crippen molar-refractivity contribution in [1.29, 1.82) is 0 Å². The summed E-state index contributed by atoms with van der Waals surface area (Å²) in [5, 5.41) is 0.350. The molecule has 0 aliphatic heterocycles. The molecule has 0 fully saturated rings. The second kappa shape index (κ2) is 6.51. The summed E-state index contributed by atoms with van der Waals surface area (Å²) < 4.78 is 0. The van der Waals surface area contributed by atoms with Gasteiger partial charge in [-0.1, -0.05) is 49.2 Å². The highest BCUT2D eigenvalue weighted by Gasteiger charge is 2.12. The third-order valence-electron chi connectivity index (χ3n) is 3.96. The summed E-state index contributed by atoms with van der Waals surface area (Å²) in [7, 11) is 0. The van der Waals surface area contributed by atoms with E-state index < -0.39 is 5.24 Å². The maximum atomic E-state index is 11.8. The fraction of sp³-hybridized carbons (Fsp3) is 0.200. The Morgan fingerprint density at radius 2 is 1.83 bits per heavy atom. The number of rotatable bonds is 4. The summed E-state index contributed by atoms with van der Waals surface area (Å²) in [6, 6.07) is 16.0. The molecule has 0 unspecified atom stereocenters. The minimum Gasteiger partial charge on any atom is -0.276 e. The third-order valence-corrected chi connectivity index (χ3v) is 4.17. The van der Waals surface area contributed by atoms with Crippen LogP contribution in [-0.4, -0.2) is 10.2 Å². The Bertz CT molecular complexity index is 869. The standard InChI is InChI=1S/C20H18ClNO/c1-3-4-14-6-8-15(9-7-14)19-12-17(20(21)23)16-11-13(2)5-10-18(16)22-19/h5-12H,3-4H2,1-2H3. The molecule has 0 saturated carbocycles. The molecule has 1 heterocycles. The van der Waals surface area contributed by atoms with Gasteiger partial charge >= 0.3 is 0 Å². The summed E-state index contributed by atoms with van der Waals surface area (Å²) in [5.41, 5.74) is 5.44. The van der Waals surface area contributed by atoms with E-state index in [9.17, 15) is 4.79 Å².